The molecule has 0 atom stereocenters. The average molecular weight is 426 g/mol. The van der Waals surface area contributed by atoms with Gasteiger partial charge in [-0.3, -0.25) is 0 Å². The largest absolute Gasteiger partial charge is 0.473 e. The predicted octanol–water partition coefficient (Wildman–Crippen LogP) is -2.54. The summed E-state index contributed by atoms with van der Waals surface area (Å²) >= 11 is 0. The Kier molecular flexibility index (Phi) is 36.1. The van der Waals surface area contributed by atoms with Gasteiger partial charge in [0, 0.05) is 52.1 Å². The maximum absolute atomic E-state index is 9.10. The van der Waals surface area contributed by atoms with Crippen LogP contribution in [0.3, 0.4) is 0 Å². The van der Waals surface area contributed by atoms with E-state index in [2.05, 4.69) is 0 Å². The van der Waals surface area contributed by atoms with Crippen LogP contribution < -0.4 is 0 Å². The molecule has 0 aromatic heterocycles. The fraction of sp³-hybridized carbons (Fsp3) is 0. The molecule has 0 aliphatic rings. The topological polar surface area (TPSA) is 224 Å². The standard InChI is InChI=1S/3C2H2O4.3Cr/c3*3-1(4)2(5)6;;;/h3*(H,3,4)(H,5,6);;;. The first-order valence-corrected chi connectivity index (χ1v) is 3.32. The summed E-state index contributed by atoms with van der Waals surface area (Å²) in [5.41, 5.74) is 0. The monoisotopic (exact) mass is 426 g/mol. The van der Waals surface area contributed by atoms with Crippen molar-refractivity contribution in [3.63, 3.8) is 0 Å². The van der Waals surface area contributed by atoms with Crippen LogP contribution in [0.4, 0.5) is 0 Å². The van der Waals surface area contributed by atoms with Gasteiger partial charge >= 0.3 is 35.8 Å². The van der Waals surface area contributed by atoms with Gasteiger partial charge in [-0.2, -0.15) is 0 Å². The van der Waals surface area contributed by atoms with E-state index in [1.165, 1.54) is 0 Å². The van der Waals surface area contributed by atoms with Crippen molar-refractivity contribution in [3.8, 4) is 0 Å². The van der Waals surface area contributed by atoms with Crippen LogP contribution in [0.25, 0.3) is 0 Å². The Balaban J connectivity index is -0.0000000375. The van der Waals surface area contributed by atoms with Gasteiger partial charge in [0.1, 0.15) is 0 Å². The summed E-state index contributed by atoms with van der Waals surface area (Å²) < 4.78 is 0. The molecule has 0 radical (unpaired) electrons. The molecule has 0 heterocycles. The van der Waals surface area contributed by atoms with Gasteiger partial charge in [0.05, 0.1) is 0 Å². The van der Waals surface area contributed by atoms with E-state index < -0.39 is 35.8 Å². The van der Waals surface area contributed by atoms with Crippen molar-refractivity contribution in [2.75, 3.05) is 0 Å². The van der Waals surface area contributed by atoms with Gasteiger partial charge in [-0.1, -0.05) is 0 Å². The van der Waals surface area contributed by atoms with Gasteiger partial charge in [0.15, 0.2) is 0 Å². The third kappa shape index (κ3) is 45.7. The van der Waals surface area contributed by atoms with Crippen molar-refractivity contribution < 1.29 is 111 Å². The van der Waals surface area contributed by atoms with Crippen LogP contribution in [-0.2, 0) is 80.9 Å². The van der Waals surface area contributed by atoms with Gasteiger partial charge in [0.25, 0.3) is 0 Å². The van der Waals surface area contributed by atoms with E-state index in [0.717, 1.165) is 0 Å². The number of aliphatic carboxylic acids is 6. The van der Waals surface area contributed by atoms with Crippen LogP contribution >= 0.6 is 0 Å². The molecule has 120 valence electrons. The molecule has 0 aromatic carbocycles. The number of carboxylic acid groups (broad SMARTS) is 6. The molecule has 0 bridgehead atoms. The van der Waals surface area contributed by atoms with E-state index >= 15 is 0 Å². The van der Waals surface area contributed by atoms with Gasteiger partial charge in [-0.05, 0) is 0 Å². The molecule has 12 nitrogen and oxygen atoms in total. The summed E-state index contributed by atoms with van der Waals surface area (Å²) in [6.07, 6.45) is 0. The first-order chi connectivity index (χ1) is 7.93. The maximum Gasteiger partial charge on any atom is 0.414 e. The fourth-order valence-corrected chi connectivity index (χ4v) is 0. The third-order valence-corrected chi connectivity index (χ3v) is 0.549. The summed E-state index contributed by atoms with van der Waals surface area (Å²) in [7, 11) is 0. The number of hydrogen-bond acceptors (Lipinski definition) is 6. The number of carbonyl (C=O) groups is 6. The Bertz CT molecular complexity index is 284. The van der Waals surface area contributed by atoms with Crippen LogP contribution in [-0.4, -0.2) is 66.5 Å². The third-order valence-electron chi connectivity index (χ3n) is 0.549. The van der Waals surface area contributed by atoms with E-state index in [1.807, 2.05) is 0 Å². The summed E-state index contributed by atoms with van der Waals surface area (Å²) in [5, 5.41) is 44.3. The summed E-state index contributed by atoms with van der Waals surface area (Å²) in [6.45, 7) is 0. The second-order valence-corrected chi connectivity index (χ2v) is 1.83. The SMILES string of the molecule is O=C(O)C(=O)O.O=C(O)C(=O)O.O=C(O)C(=O)O.[Cr].[Cr].[Cr]. The quantitative estimate of drug-likeness (QED) is 0.220. The molecule has 0 spiro atoms. The minimum Gasteiger partial charge on any atom is -0.473 e. The van der Waals surface area contributed by atoms with Crippen molar-refractivity contribution in [2.45, 2.75) is 0 Å². The number of carboxylic acids is 6. The molecule has 21 heavy (non-hydrogen) atoms. The molecule has 0 aliphatic heterocycles. The minimum absolute atomic E-state index is 0. The molecule has 0 saturated heterocycles. The second kappa shape index (κ2) is 20.7. The predicted molar refractivity (Wildman–Crippen MR) is 45.8 cm³/mol. The van der Waals surface area contributed by atoms with Crippen LogP contribution in [0, 0.1) is 0 Å². The van der Waals surface area contributed by atoms with Crippen molar-refractivity contribution in [3.05, 3.63) is 0 Å². The van der Waals surface area contributed by atoms with Crippen molar-refractivity contribution in [1.29, 1.82) is 0 Å². The Morgan fingerprint density at radius 2 is 0.381 bits per heavy atom. The smallest absolute Gasteiger partial charge is 0.414 e. The van der Waals surface area contributed by atoms with E-state index in [1.54, 1.807) is 0 Å². The van der Waals surface area contributed by atoms with E-state index in [0.29, 0.717) is 0 Å². The van der Waals surface area contributed by atoms with Crippen molar-refractivity contribution in [2.24, 2.45) is 0 Å². The van der Waals surface area contributed by atoms with Gasteiger partial charge in [0.2, 0.25) is 0 Å². The Morgan fingerprint density at radius 3 is 0.381 bits per heavy atom. The van der Waals surface area contributed by atoms with E-state index in [4.69, 9.17) is 59.4 Å². The summed E-state index contributed by atoms with van der Waals surface area (Å²) in [5.74, 6) is -10.9. The first kappa shape index (κ1) is 36.6. The minimum atomic E-state index is -1.82. The molecule has 0 aliphatic carbocycles. The molecule has 15 heteroatoms. The van der Waals surface area contributed by atoms with E-state index in [-0.39, 0.29) is 52.1 Å². The molecule has 0 rings (SSSR count). The van der Waals surface area contributed by atoms with Crippen molar-refractivity contribution in [1.82, 2.24) is 0 Å². The summed E-state index contributed by atoms with van der Waals surface area (Å²) in [6, 6.07) is 0. The zero-order valence-electron chi connectivity index (χ0n) is 9.36. The first-order valence-electron chi connectivity index (χ1n) is 3.32. The Labute approximate surface area is 147 Å². The average Bonchev–Trinajstić information content (AvgIpc) is 2.18. The summed E-state index contributed by atoms with van der Waals surface area (Å²) in [4.78, 5) is 54.6. The zero-order valence-corrected chi connectivity index (χ0v) is 13.2. The second-order valence-electron chi connectivity index (χ2n) is 1.83. The molecule has 0 saturated carbocycles. The molecule has 0 fully saturated rings. The molecule has 0 aromatic rings. The number of hydrogen-bond donors (Lipinski definition) is 6. The molecular weight excluding hydrogens is 420 g/mol. The normalized spacial score (nSPS) is 6.29. The number of rotatable bonds is 0. The Morgan fingerprint density at radius 1 is 0.333 bits per heavy atom. The zero-order chi connectivity index (χ0) is 15.5. The van der Waals surface area contributed by atoms with Crippen LogP contribution in [0.15, 0.2) is 0 Å². The van der Waals surface area contributed by atoms with Crippen LogP contribution in [0.5, 0.6) is 0 Å². The molecular formula is C6H6Cr3O12. The van der Waals surface area contributed by atoms with Crippen molar-refractivity contribution >= 4 is 35.8 Å². The molecule has 0 unspecified atom stereocenters. The maximum atomic E-state index is 9.10. The van der Waals surface area contributed by atoms with Crippen LogP contribution in [0.2, 0.25) is 0 Å². The van der Waals surface area contributed by atoms with Gasteiger partial charge in [-0.15, -0.1) is 0 Å². The molecule has 0 amide bonds. The molecule has 6 N–H and O–H groups in total. The van der Waals surface area contributed by atoms with E-state index in [9.17, 15) is 0 Å². The fourth-order valence-electron chi connectivity index (χ4n) is 0. The van der Waals surface area contributed by atoms with Gasteiger partial charge in [-0.25, -0.2) is 28.8 Å². The van der Waals surface area contributed by atoms with Gasteiger partial charge < -0.3 is 30.6 Å². The Hall–Kier alpha value is -1.58. The van der Waals surface area contributed by atoms with Crippen LogP contribution in [0.1, 0.15) is 0 Å².